The van der Waals surface area contributed by atoms with E-state index in [-0.39, 0.29) is 29.8 Å². The van der Waals surface area contributed by atoms with Crippen molar-refractivity contribution in [3.05, 3.63) is 41.6 Å². The predicted octanol–water partition coefficient (Wildman–Crippen LogP) is 3.68. The van der Waals surface area contributed by atoms with Crippen LogP contribution in [0.1, 0.15) is 62.0 Å². The minimum Gasteiger partial charge on any atom is -0.360 e. The Morgan fingerprint density at radius 2 is 1.76 bits per heavy atom. The first-order valence-electron chi connectivity index (χ1n) is 13.2. The maximum absolute atomic E-state index is 14.1. The number of nitrogens with one attached hydrogen (secondary N) is 3. The minimum atomic E-state index is -3.60. The lowest BCUT2D eigenvalue weighted by Gasteiger charge is -2.32. The molecule has 5 rings (SSSR count). The molecule has 0 amide bonds. The van der Waals surface area contributed by atoms with Crippen LogP contribution in [-0.4, -0.2) is 66.9 Å². The van der Waals surface area contributed by atoms with Gasteiger partial charge in [0.25, 0.3) is 5.92 Å². The first kappa shape index (κ1) is 26.7. The largest absolute Gasteiger partial charge is 0.360 e. The molecule has 1 aromatic heterocycles. The number of hydrogen-bond donors (Lipinski definition) is 3. The van der Waals surface area contributed by atoms with E-state index in [1.807, 2.05) is 18.2 Å². The molecule has 3 aliphatic rings. The molecule has 1 aliphatic carbocycles. The van der Waals surface area contributed by atoms with E-state index in [9.17, 15) is 22.5 Å². The summed E-state index contributed by atoms with van der Waals surface area (Å²) in [4.78, 5) is 8.78. The van der Waals surface area contributed by atoms with Crippen LogP contribution in [0, 0.1) is 11.3 Å². The van der Waals surface area contributed by atoms with Crippen LogP contribution in [0.2, 0.25) is 0 Å². The second-order valence-corrected chi connectivity index (χ2v) is 12.3. The fourth-order valence-corrected chi connectivity index (χ4v) is 7.02. The Kier molecular flexibility index (Phi) is 7.79. The maximum atomic E-state index is 14.1. The van der Waals surface area contributed by atoms with Crippen molar-refractivity contribution in [3.63, 3.8) is 0 Å². The van der Waals surface area contributed by atoms with Gasteiger partial charge in [-0.25, -0.2) is 22.2 Å². The Bertz CT molecular complexity index is 1270. The number of rotatable bonds is 7. The molecule has 2 aromatic rings. The molecule has 1 aromatic carbocycles. The monoisotopic (exact) mass is 545 g/mol. The van der Waals surface area contributed by atoms with Gasteiger partial charge in [-0.3, -0.25) is 0 Å². The third-order valence-corrected chi connectivity index (χ3v) is 9.76. The molecule has 9 nitrogen and oxygen atoms in total. The summed E-state index contributed by atoms with van der Waals surface area (Å²) in [5, 5.41) is 18.7. The zero-order valence-corrected chi connectivity index (χ0v) is 22.0. The molecule has 38 heavy (non-hydrogen) atoms. The highest BCUT2D eigenvalue weighted by Gasteiger charge is 2.44. The molecule has 12 heteroatoms. The first-order valence-corrected chi connectivity index (χ1v) is 14.7. The number of piperidine rings is 2. The normalized spacial score (nSPS) is 23.1. The van der Waals surface area contributed by atoms with E-state index in [1.54, 1.807) is 12.1 Å². The van der Waals surface area contributed by atoms with Gasteiger partial charge in [0.2, 0.25) is 16.0 Å². The fourth-order valence-electron chi connectivity index (χ4n) is 5.55. The van der Waals surface area contributed by atoms with Crippen molar-refractivity contribution in [3.8, 4) is 6.07 Å². The summed E-state index contributed by atoms with van der Waals surface area (Å²) in [7, 11) is -3.60. The number of aromatic nitrogens is 2. The quantitative estimate of drug-likeness (QED) is 0.482. The molecular weight excluding hydrogens is 512 g/mol. The lowest BCUT2D eigenvalue weighted by Crippen LogP contribution is -2.42. The summed E-state index contributed by atoms with van der Waals surface area (Å²) in [6.45, 7) is 2.64. The molecule has 1 atom stereocenters. The van der Waals surface area contributed by atoms with Crippen LogP contribution in [0.15, 0.2) is 35.4 Å². The van der Waals surface area contributed by atoms with Gasteiger partial charge < -0.3 is 16.0 Å². The number of nitrogens with zero attached hydrogens (tertiary/aromatic N) is 4. The Balaban J connectivity index is 1.19. The molecule has 3 fully saturated rings. The smallest absolute Gasteiger partial charge is 0.267 e. The molecule has 0 spiro atoms. The molecule has 2 aliphatic heterocycles. The number of hydrogen-bond acceptors (Lipinski definition) is 8. The molecule has 3 heterocycles. The number of halogens is 2. The van der Waals surface area contributed by atoms with Gasteiger partial charge in [-0.15, -0.1) is 0 Å². The van der Waals surface area contributed by atoms with E-state index < -0.39 is 22.0 Å². The molecule has 0 bridgehead atoms. The molecular formula is C26H33F2N7O2S. The summed E-state index contributed by atoms with van der Waals surface area (Å²) >= 11 is 0. The van der Waals surface area contributed by atoms with E-state index >= 15 is 0 Å². The van der Waals surface area contributed by atoms with Crippen LogP contribution < -0.4 is 16.0 Å². The average Bonchev–Trinajstić information content (AvgIpc) is 3.27. The van der Waals surface area contributed by atoms with Gasteiger partial charge in [0.15, 0.2) is 0 Å². The van der Waals surface area contributed by atoms with Crippen LogP contribution in [0.3, 0.4) is 0 Å². The summed E-state index contributed by atoms with van der Waals surface area (Å²) in [5.41, 5.74) is 1.28. The van der Waals surface area contributed by atoms with E-state index in [0.29, 0.717) is 49.6 Å². The maximum Gasteiger partial charge on any atom is 0.267 e. The van der Waals surface area contributed by atoms with Crippen molar-refractivity contribution in [2.45, 2.75) is 73.8 Å². The highest BCUT2D eigenvalue weighted by atomic mass is 32.2. The Labute approximate surface area is 222 Å². The number of benzene rings is 1. The van der Waals surface area contributed by atoms with Crippen molar-refractivity contribution in [2.75, 3.05) is 36.8 Å². The summed E-state index contributed by atoms with van der Waals surface area (Å²) in [5.74, 6) is -2.08. The molecule has 204 valence electrons. The third kappa shape index (κ3) is 5.75. The third-order valence-electron chi connectivity index (χ3n) is 7.85. The predicted molar refractivity (Wildman–Crippen MR) is 140 cm³/mol. The Hall–Kier alpha value is -2.88. The zero-order chi connectivity index (χ0) is 26.8. The van der Waals surface area contributed by atoms with Gasteiger partial charge in [0.1, 0.15) is 17.5 Å². The molecule has 2 saturated heterocycles. The second kappa shape index (κ2) is 11.1. The topological polar surface area (TPSA) is 123 Å². The van der Waals surface area contributed by atoms with E-state index in [4.69, 9.17) is 0 Å². The lowest BCUT2D eigenvalue weighted by atomic mass is 9.90. The van der Waals surface area contributed by atoms with E-state index in [2.05, 4.69) is 25.9 Å². The van der Waals surface area contributed by atoms with Crippen LogP contribution in [0.25, 0.3) is 0 Å². The van der Waals surface area contributed by atoms with Crippen molar-refractivity contribution < 1.29 is 17.2 Å². The van der Waals surface area contributed by atoms with Gasteiger partial charge in [0, 0.05) is 25.6 Å². The Morgan fingerprint density at radius 1 is 1.05 bits per heavy atom. The Morgan fingerprint density at radius 3 is 2.39 bits per heavy atom. The van der Waals surface area contributed by atoms with Crippen LogP contribution in [0.5, 0.6) is 0 Å². The van der Waals surface area contributed by atoms with Crippen LogP contribution in [-0.2, 0) is 10.0 Å². The van der Waals surface area contributed by atoms with Crippen LogP contribution in [0.4, 0.5) is 20.5 Å². The van der Waals surface area contributed by atoms with Gasteiger partial charge in [-0.1, -0.05) is 12.1 Å². The van der Waals surface area contributed by atoms with Crippen LogP contribution >= 0.6 is 0 Å². The number of anilines is 2. The second-order valence-electron chi connectivity index (χ2n) is 10.3. The summed E-state index contributed by atoms with van der Waals surface area (Å²) < 4.78 is 56.2. The number of sulfonamides is 1. The van der Waals surface area contributed by atoms with E-state index in [0.717, 1.165) is 25.9 Å². The van der Waals surface area contributed by atoms with Crippen molar-refractivity contribution in [1.29, 1.82) is 5.26 Å². The summed E-state index contributed by atoms with van der Waals surface area (Å²) in [6, 6.07) is 8.09. The lowest BCUT2D eigenvalue weighted by molar-refractivity contribution is -0.000697. The average molecular weight is 546 g/mol. The highest BCUT2D eigenvalue weighted by molar-refractivity contribution is 7.89. The molecule has 1 unspecified atom stereocenters. The van der Waals surface area contributed by atoms with Gasteiger partial charge in [0.05, 0.1) is 17.1 Å². The molecule has 3 N–H and O–H groups in total. The van der Waals surface area contributed by atoms with Crippen molar-refractivity contribution in [1.82, 2.24) is 19.6 Å². The van der Waals surface area contributed by atoms with Gasteiger partial charge >= 0.3 is 0 Å². The van der Waals surface area contributed by atoms with Gasteiger partial charge in [-0.05, 0) is 75.2 Å². The number of nitriles is 1. The highest BCUT2D eigenvalue weighted by Crippen LogP contribution is 2.37. The minimum absolute atomic E-state index is 0.0857. The van der Waals surface area contributed by atoms with E-state index in [1.165, 1.54) is 16.1 Å². The molecule has 0 radical (unpaired) electrons. The van der Waals surface area contributed by atoms with Crippen molar-refractivity contribution in [2.24, 2.45) is 0 Å². The standard InChI is InChI=1S/C26H33F2N7O2S/c27-26(28)11-1-2-23(26)33-24-20(16-29)17-31-25(34-24)32-21-9-14-35(15-10-21)38(36,37)22-5-3-18(4-6-22)19-7-12-30-13-8-19/h3-6,17,19,21,23,30H,1-2,7-15H2,(H2,31,32,33,34). The SMILES string of the molecule is N#Cc1cnc(NC2CCN(S(=O)(=O)c3ccc(C4CCNCC4)cc3)CC2)nc1NC1CCCC1(F)F. The van der Waals surface area contributed by atoms with Crippen molar-refractivity contribution >= 4 is 21.8 Å². The summed E-state index contributed by atoms with van der Waals surface area (Å²) in [6.07, 6.45) is 5.04. The fraction of sp³-hybridized carbons (Fsp3) is 0.577. The first-order chi connectivity index (χ1) is 18.3. The molecule has 1 saturated carbocycles. The zero-order valence-electron chi connectivity index (χ0n) is 21.2. The van der Waals surface area contributed by atoms with Gasteiger partial charge in [-0.2, -0.15) is 14.6 Å². The number of alkyl halides is 2.